The topological polar surface area (TPSA) is 27.7 Å². The van der Waals surface area contributed by atoms with Crippen LogP contribution in [-0.4, -0.2) is 19.8 Å². The van der Waals surface area contributed by atoms with E-state index in [0.29, 0.717) is 36.2 Å². The number of alkyl halides is 1. The van der Waals surface area contributed by atoms with Crippen LogP contribution in [-0.2, 0) is 11.4 Å². The molecule has 3 rings (SSSR count). The molecule has 33 heavy (non-hydrogen) atoms. The van der Waals surface area contributed by atoms with E-state index in [1.54, 1.807) is 0 Å². The molecule has 0 amide bonds. The lowest BCUT2D eigenvalue weighted by Gasteiger charge is -2.30. The Kier molecular flexibility index (Phi) is 9.48. The van der Waals surface area contributed by atoms with E-state index in [9.17, 15) is 13.2 Å². The Labute approximate surface area is 195 Å². The molecular formula is C27H35F3O3. The van der Waals surface area contributed by atoms with Crippen LogP contribution in [0.2, 0.25) is 0 Å². The smallest absolute Gasteiger partial charge is 0.132 e. The van der Waals surface area contributed by atoms with E-state index in [0.717, 1.165) is 62.8 Å². The van der Waals surface area contributed by atoms with Crippen molar-refractivity contribution in [3.8, 4) is 22.6 Å². The zero-order chi connectivity index (χ0) is 23.8. The first-order valence-corrected chi connectivity index (χ1v) is 12.1. The summed E-state index contributed by atoms with van der Waals surface area (Å²) >= 11 is 0. The molecule has 2 atom stereocenters. The Bertz CT molecular complexity index is 855. The predicted molar refractivity (Wildman–Crippen MR) is 125 cm³/mol. The van der Waals surface area contributed by atoms with Crippen molar-refractivity contribution >= 4 is 0 Å². The molecule has 1 unspecified atom stereocenters. The van der Waals surface area contributed by atoms with Crippen molar-refractivity contribution in [2.24, 2.45) is 5.92 Å². The summed E-state index contributed by atoms with van der Waals surface area (Å²) < 4.78 is 60.2. The van der Waals surface area contributed by atoms with E-state index in [-0.39, 0.29) is 11.7 Å². The highest BCUT2D eigenvalue weighted by atomic mass is 19.1. The van der Waals surface area contributed by atoms with Gasteiger partial charge in [-0.2, -0.15) is 0 Å². The SMILES string of the molecule is CCCOc1cc([C@H]2CCC(CCC)CO2)cc(OCCC)c1-c1cc(F)c(CF)c(F)c1. The fourth-order valence-corrected chi connectivity index (χ4v) is 4.31. The maximum absolute atomic E-state index is 14.5. The second-order valence-corrected chi connectivity index (χ2v) is 8.70. The van der Waals surface area contributed by atoms with Gasteiger partial charge >= 0.3 is 0 Å². The monoisotopic (exact) mass is 464 g/mol. The zero-order valence-corrected chi connectivity index (χ0v) is 19.9. The minimum absolute atomic E-state index is 0.0810. The molecule has 0 spiro atoms. The minimum Gasteiger partial charge on any atom is -0.493 e. The van der Waals surface area contributed by atoms with Gasteiger partial charge in [-0.25, -0.2) is 13.2 Å². The van der Waals surface area contributed by atoms with Gasteiger partial charge in [-0.3, -0.25) is 0 Å². The third-order valence-corrected chi connectivity index (χ3v) is 6.01. The molecule has 0 radical (unpaired) electrons. The predicted octanol–water partition coefficient (Wildman–Crippen LogP) is 7.95. The normalized spacial score (nSPS) is 18.4. The van der Waals surface area contributed by atoms with Crippen molar-refractivity contribution in [2.45, 2.75) is 72.1 Å². The Morgan fingerprint density at radius 1 is 0.879 bits per heavy atom. The van der Waals surface area contributed by atoms with Gasteiger partial charge in [-0.05, 0) is 73.4 Å². The van der Waals surface area contributed by atoms with Crippen molar-refractivity contribution in [1.29, 1.82) is 0 Å². The first kappa shape index (κ1) is 25.4. The van der Waals surface area contributed by atoms with Gasteiger partial charge in [0.05, 0.1) is 37.1 Å². The first-order valence-electron chi connectivity index (χ1n) is 12.1. The van der Waals surface area contributed by atoms with Gasteiger partial charge in [0.1, 0.15) is 29.8 Å². The first-order chi connectivity index (χ1) is 16.0. The molecular weight excluding hydrogens is 429 g/mol. The molecule has 0 bridgehead atoms. The number of hydrogen-bond acceptors (Lipinski definition) is 3. The summed E-state index contributed by atoms with van der Waals surface area (Å²) in [5.74, 6) is -0.274. The summed E-state index contributed by atoms with van der Waals surface area (Å²) in [7, 11) is 0. The Morgan fingerprint density at radius 2 is 1.48 bits per heavy atom. The van der Waals surface area contributed by atoms with Crippen LogP contribution in [0.3, 0.4) is 0 Å². The molecule has 6 heteroatoms. The molecule has 3 nitrogen and oxygen atoms in total. The third kappa shape index (κ3) is 6.23. The van der Waals surface area contributed by atoms with Crippen molar-refractivity contribution in [1.82, 2.24) is 0 Å². The van der Waals surface area contributed by atoms with Gasteiger partial charge in [-0.15, -0.1) is 0 Å². The van der Waals surface area contributed by atoms with Crippen molar-refractivity contribution < 1.29 is 27.4 Å². The third-order valence-electron chi connectivity index (χ3n) is 6.01. The Hall–Kier alpha value is -2.21. The number of halogens is 3. The molecule has 1 aliphatic rings. The molecule has 1 fully saturated rings. The number of benzene rings is 2. The van der Waals surface area contributed by atoms with E-state index >= 15 is 0 Å². The molecule has 1 heterocycles. The average Bonchev–Trinajstić information content (AvgIpc) is 2.81. The highest BCUT2D eigenvalue weighted by Gasteiger charge is 2.26. The van der Waals surface area contributed by atoms with Crippen LogP contribution in [0.25, 0.3) is 11.1 Å². The summed E-state index contributed by atoms with van der Waals surface area (Å²) in [5.41, 5.74) is 1.11. The molecule has 0 aliphatic carbocycles. The van der Waals surface area contributed by atoms with Gasteiger partial charge in [0.15, 0.2) is 0 Å². The van der Waals surface area contributed by atoms with Crippen molar-refractivity contribution in [2.75, 3.05) is 19.8 Å². The van der Waals surface area contributed by atoms with Gasteiger partial charge in [0.2, 0.25) is 0 Å². The van der Waals surface area contributed by atoms with Crippen LogP contribution in [0.1, 0.15) is 76.5 Å². The van der Waals surface area contributed by atoms with E-state index < -0.39 is 23.9 Å². The molecule has 2 aromatic carbocycles. The quantitative estimate of drug-likeness (QED) is 0.338. The lowest BCUT2D eigenvalue weighted by Crippen LogP contribution is -2.20. The van der Waals surface area contributed by atoms with Crippen molar-refractivity contribution in [3.63, 3.8) is 0 Å². The van der Waals surface area contributed by atoms with Crippen molar-refractivity contribution in [3.05, 3.63) is 47.0 Å². The minimum atomic E-state index is -1.20. The van der Waals surface area contributed by atoms with Crippen LogP contribution >= 0.6 is 0 Å². The summed E-state index contributed by atoms with van der Waals surface area (Å²) in [6.07, 6.45) is 5.77. The van der Waals surface area contributed by atoms with Gasteiger partial charge < -0.3 is 14.2 Å². The fraction of sp³-hybridized carbons (Fsp3) is 0.556. The van der Waals surface area contributed by atoms with E-state index in [4.69, 9.17) is 14.2 Å². The second kappa shape index (κ2) is 12.3. The van der Waals surface area contributed by atoms with E-state index in [2.05, 4.69) is 6.92 Å². The standard InChI is InChI=1S/C27H35F3O3/c1-4-7-18-8-9-24(33-17-18)19-14-25(31-10-5-2)27(26(15-19)32-11-6-3)20-12-22(29)21(16-28)23(30)13-20/h12-15,18,24H,4-11,16-17H2,1-3H3/t18?,24-/m1/s1. The largest absolute Gasteiger partial charge is 0.493 e. The maximum Gasteiger partial charge on any atom is 0.132 e. The number of hydrogen-bond donors (Lipinski definition) is 0. The molecule has 2 aromatic rings. The molecule has 0 N–H and O–H groups in total. The second-order valence-electron chi connectivity index (χ2n) is 8.70. The molecule has 1 saturated heterocycles. The van der Waals surface area contributed by atoms with Gasteiger partial charge in [0, 0.05) is 0 Å². The van der Waals surface area contributed by atoms with Crippen LogP contribution < -0.4 is 9.47 Å². The molecule has 0 aromatic heterocycles. The molecule has 0 saturated carbocycles. The maximum atomic E-state index is 14.5. The summed E-state index contributed by atoms with van der Waals surface area (Å²) in [6.45, 7) is 6.58. The molecule has 182 valence electrons. The summed E-state index contributed by atoms with van der Waals surface area (Å²) in [5, 5.41) is 0. The highest BCUT2D eigenvalue weighted by Crippen LogP contribution is 2.44. The fourth-order valence-electron chi connectivity index (χ4n) is 4.31. The van der Waals surface area contributed by atoms with Crippen LogP contribution in [0.15, 0.2) is 24.3 Å². The lowest BCUT2D eigenvalue weighted by molar-refractivity contribution is -0.0196. The van der Waals surface area contributed by atoms with Gasteiger partial charge in [0.25, 0.3) is 0 Å². The van der Waals surface area contributed by atoms with Crippen LogP contribution in [0.4, 0.5) is 13.2 Å². The molecule has 1 aliphatic heterocycles. The lowest BCUT2D eigenvalue weighted by atomic mass is 9.90. The Balaban J connectivity index is 2.06. The van der Waals surface area contributed by atoms with Crippen LogP contribution in [0.5, 0.6) is 11.5 Å². The number of ether oxygens (including phenoxy) is 3. The highest BCUT2D eigenvalue weighted by molar-refractivity contribution is 5.78. The average molecular weight is 465 g/mol. The zero-order valence-electron chi connectivity index (χ0n) is 19.9. The Morgan fingerprint density at radius 3 is 1.94 bits per heavy atom. The van der Waals surface area contributed by atoms with E-state index in [1.165, 1.54) is 0 Å². The summed E-state index contributed by atoms with van der Waals surface area (Å²) in [4.78, 5) is 0. The number of rotatable bonds is 11. The van der Waals surface area contributed by atoms with Crippen LogP contribution in [0, 0.1) is 17.6 Å². The van der Waals surface area contributed by atoms with Gasteiger partial charge in [-0.1, -0.05) is 27.2 Å². The van der Waals surface area contributed by atoms with E-state index in [1.807, 2.05) is 26.0 Å². The summed E-state index contributed by atoms with van der Waals surface area (Å²) in [6, 6.07) is 6.09.